The molecule has 0 aliphatic carbocycles. The van der Waals surface area contributed by atoms with Crippen LogP contribution >= 0.6 is 0 Å². The Labute approximate surface area is 205 Å². The molecular formula is C27H26N4O3S. The second kappa shape index (κ2) is 10.5. The number of sulfonamides is 1. The maximum Gasteiger partial charge on any atom is 0.253 e. The molecule has 1 N–H and O–H groups in total. The van der Waals surface area contributed by atoms with Gasteiger partial charge in [-0.15, -0.1) is 6.58 Å². The first-order chi connectivity index (χ1) is 16.9. The van der Waals surface area contributed by atoms with Gasteiger partial charge in [0.15, 0.2) is 0 Å². The Morgan fingerprint density at radius 2 is 1.63 bits per heavy atom. The molecule has 35 heavy (non-hydrogen) atoms. The van der Waals surface area contributed by atoms with Gasteiger partial charge >= 0.3 is 0 Å². The molecule has 1 heterocycles. The van der Waals surface area contributed by atoms with E-state index in [2.05, 4.69) is 11.3 Å². The maximum absolute atomic E-state index is 13.1. The summed E-state index contributed by atoms with van der Waals surface area (Å²) in [5.74, 6) is -0.223. The quantitative estimate of drug-likeness (QED) is 0.358. The van der Waals surface area contributed by atoms with Gasteiger partial charge in [0.25, 0.3) is 5.91 Å². The van der Waals surface area contributed by atoms with Gasteiger partial charge < -0.3 is 4.90 Å². The lowest BCUT2D eigenvalue weighted by Crippen LogP contribution is -2.27. The summed E-state index contributed by atoms with van der Waals surface area (Å²) in [5, 5.41) is 4.80. The standard InChI is InChI=1S/C27H26N4O3S/c1-3-18-28-35(33,34)25-16-14-22(15-17-25)27(32)30(2)19-23-20-31(24-12-8-5-9-13-24)29-26(23)21-10-6-4-7-11-21/h3-17,20,28H,1,18-19H2,2H3. The van der Waals surface area contributed by atoms with Crippen molar-refractivity contribution >= 4 is 15.9 Å². The molecule has 0 aliphatic rings. The summed E-state index contributed by atoms with van der Waals surface area (Å²) in [6.45, 7) is 3.97. The smallest absolute Gasteiger partial charge is 0.253 e. The molecule has 0 aliphatic heterocycles. The van der Waals surface area contributed by atoms with Crippen LogP contribution in [0.25, 0.3) is 16.9 Å². The summed E-state index contributed by atoms with van der Waals surface area (Å²) in [6, 6.07) is 25.5. The summed E-state index contributed by atoms with van der Waals surface area (Å²) < 4.78 is 28.8. The van der Waals surface area contributed by atoms with Crippen LogP contribution in [0.4, 0.5) is 0 Å². The van der Waals surface area contributed by atoms with Crippen LogP contribution in [0.2, 0.25) is 0 Å². The van der Waals surface area contributed by atoms with Crippen LogP contribution in [0.15, 0.2) is 109 Å². The van der Waals surface area contributed by atoms with Crippen LogP contribution in [0.5, 0.6) is 0 Å². The first kappa shape index (κ1) is 24.1. The van der Waals surface area contributed by atoms with E-state index in [9.17, 15) is 13.2 Å². The van der Waals surface area contributed by atoms with Crippen molar-refractivity contribution in [1.82, 2.24) is 19.4 Å². The Bertz CT molecular complexity index is 1410. The third kappa shape index (κ3) is 5.56. The molecule has 7 nitrogen and oxygen atoms in total. The molecule has 0 unspecified atom stereocenters. The molecule has 1 aromatic heterocycles. The Hall–Kier alpha value is -4.01. The summed E-state index contributed by atoms with van der Waals surface area (Å²) in [7, 11) is -1.94. The predicted octanol–water partition coefficient (Wildman–Crippen LogP) is 4.28. The van der Waals surface area contributed by atoms with E-state index in [4.69, 9.17) is 5.10 Å². The predicted molar refractivity (Wildman–Crippen MR) is 137 cm³/mol. The Morgan fingerprint density at radius 3 is 2.26 bits per heavy atom. The van der Waals surface area contributed by atoms with E-state index in [-0.39, 0.29) is 17.3 Å². The third-order valence-corrected chi connectivity index (χ3v) is 6.88. The van der Waals surface area contributed by atoms with Gasteiger partial charge in [0.1, 0.15) is 0 Å². The highest BCUT2D eigenvalue weighted by Gasteiger charge is 2.19. The van der Waals surface area contributed by atoms with Crippen LogP contribution in [0.1, 0.15) is 15.9 Å². The summed E-state index contributed by atoms with van der Waals surface area (Å²) in [5.41, 5.74) is 3.96. The van der Waals surface area contributed by atoms with Gasteiger partial charge in [-0.05, 0) is 36.4 Å². The highest BCUT2D eigenvalue weighted by Crippen LogP contribution is 2.25. The molecule has 0 bridgehead atoms. The molecule has 0 spiro atoms. The zero-order valence-corrected chi connectivity index (χ0v) is 20.2. The van der Waals surface area contributed by atoms with Crippen molar-refractivity contribution in [2.75, 3.05) is 13.6 Å². The van der Waals surface area contributed by atoms with Gasteiger partial charge in [-0.2, -0.15) is 5.10 Å². The fourth-order valence-electron chi connectivity index (χ4n) is 3.65. The lowest BCUT2D eigenvalue weighted by atomic mass is 10.1. The van der Waals surface area contributed by atoms with E-state index in [0.717, 1.165) is 22.5 Å². The molecule has 1 amide bonds. The lowest BCUT2D eigenvalue weighted by molar-refractivity contribution is 0.0785. The van der Waals surface area contributed by atoms with Crippen LogP contribution in [0, 0.1) is 0 Å². The number of rotatable bonds is 9. The first-order valence-corrected chi connectivity index (χ1v) is 12.5. The van der Waals surface area contributed by atoms with E-state index < -0.39 is 10.0 Å². The average molecular weight is 487 g/mol. The SMILES string of the molecule is C=CCNS(=O)(=O)c1ccc(C(=O)N(C)Cc2cn(-c3ccccc3)nc2-c2ccccc2)cc1. The van der Waals surface area contributed by atoms with Crippen molar-refractivity contribution in [2.45, 2.75) is 11.4 Å². The van der Waals surface area contributed by atoms with Gasteiger partial charge in [0.05, 0.1) is 16.3 Å². The van der Waals surface area contributed by atoms with E-state index in [0.29, 0.717) is 12.1 Å². The zero-order chi connectivity index (χ0) is 24.8. The van der Waals surface area contributed by atoms with Crippen LogP contribution < -0.4 is 4.72 Å². The molecule has 4 aromatic rings. The summed E-state index contributed by atoms with van der Waals surface area (Å²) in [6.07, 6.45) is 3.40. The van der Waals surface area contributed by atoms with Crippen molar-refractivity contribution in [2.24, 2.45) is 0 Å². The second-order valence-corrected chi connectivity index (χ2v) is 9.74. The minimum absolute atomic E-state index is 0.0917. The fourth-order valence-corrected chi connectivity index (χ4v) is 4.65. The van der Waals surface area contributed by atoms with Crippen molar-refractivity contribution in [1.29, 1.82) is 0 Å². The number of carbonyl (C=O) groups excluding carboxylic acids is 1. The first-order valence-electron chi connectivity index (χ1n) is 11.0. The van der Waals surface area contributed by atoms with Crippen LogP contribution in [-0.4, -0.2) is 42.6 Å². The minimum Gasteiger partial charge on any atom is -0.337 e. The molecule has 0 atom stereocenters. The highest BCUT2D eigenvalue weighted by molar-refractivity contribution is 7.89. The van der Waals surface area contributed by atoms with E-state index in [1.54, 1.807) is 11.9 Å². The molecule has 0 saturated carbocycles. The van der Waals surface area contributed by atoms with Gasteiger partial charge in [0, 0.05) is 43.0 Å². The Balaban J connectivity index is 1.58. The Morgan fingerprint density at radius 1 is 1.00 bits per heavy atom. The van der Waals surface area contributed by atoms with E-state index >= 15 is 0 Å². The molecule has 0 saturated heterocycles. The largest absolute Gasteiger partial charge is 0.337 e. The Kier molecular flexibility index (Phi) is 7.24. The van der Waals surface area contributed by atoms with Crippen LogP contribution in [0.3, 0.4) is 0 Å². The fraction of sp³-hybridized carbons (Fsp3) is 0.111. The van der Waals surface area contributed by atoms with Crippen LogP contribution in [-0.2, 0) is 16.6 Å². The summed E-state index contributed by atoms with van der Waals surface area (Å²) in [4.78, 5) is 14.8. The molecule has 3 aromatic carbocycles. The number of hydrogen-bond acceptors (Lipinski definition) is 4. The number of benzene rings is 3. The number of hydrogen-bond donors (Lipinski definition) is 1. The highest BCUT2D eigenvalue weighted by atomic mass is 32.2. The number of amides is 1. The van der Waals surface area contributed by atoms with Gasteiger partial charge in [0.2, 0.25) is 10.0 Å². The molecule has 0 fully saturated rings. The third-order valence-electron chi connectivity index (χ3n) is 5.44. The summed E-state index contributed by atoms with van der Waals surface area (Å²) >= 11 is 0. The maximum atomic E-state index is 13.1. The average Bonchev–Trinajstić information content (AvgIpc) is 3.32. The second-order valence-electron chi connectivity index (χ2n) is 7.98. The minimum atomic E-state index is -3.65. The van der Waals surface area contributed by atoms with Crippen molar-refractivity contribution < 1.29 is 13.2 Å². The number of nitrogens with zero attached hydrogens (tertiary/aromatic N) is 3. The molecule has 0 radical (unpaired) electrons. The zero-order valence-electron chi connectivity index (χ0n) is 19.3. The monoisotopic (exact) mass is 486 g/mol. The lowest BCUT2D eigenvalue weighted by Gasteiger charge is -2.17. The van der Waals surface area contributed by atoms with E-state index in [1.165, 1.54) is 30.3 Å². The number of carbonyl (C=O) groups is 1. The van der Waals surface area contributed by atoms with E-state index in [1.807, 2.05) is 71.5 Å². The van der Waals surface area contributed by atoms with Crippen molar-refractivity contribution in [3.05, 3.63) is 115 Å². The molecule has 4 rings (SSSR count). The number of para-hydroxylation sites is 1. The topological polar surface area (TPSA) is 84.3 Å². The van der Waals surface area contributed by atoms with Crippen molar-refractivity contribution in [3.63, 3.8) is 0 Å². The number of nitrogens with one attached hydrogen (secondary N) is 1. The van der Waals surface area contributed by atoms with Gasteiger partial charge in [-0.3, -0.25) is 4.79 Å². The normalized spacial score (nSPS) is 11.2. The van der Waals surface area contributed by atoms with Crippen molar-refractivity contribution in [3.8, 4) is 16.9 Å². The number of aromatic nitrogens is 2. The molecular weight excluding hydrogens is 460 g/mol. The van der Waals surface area contributed by atoms with Gasteiger partial charge in [-0.1, -0.05) is 54.6 Å². The molecule has 8 heteroatoms. The molecule has 178 valence electrons. The van der Waals surface area contributed by atoms with Gasteiger partial charge in [-0.25, -0.2) is 17.8 Å².